The highest BCUT2D eigenvalue weighted by Gasteiger charge is 2.46. The molecule has 1 aromatic carbocycles. The molecule has 0 spiro atoms. The molecule has 132 valence electrons. The molecular formula is C19H27NO4. The number of carbonyl (C=O) groups excluding carboxylic acids is 1. The van der Waals surface area contributed by atoms with Crippen molar-refractivity contribution in [3.05, 3.63) is 35.4 Å². The van der Waals surface area contributed by atoms with Crippen LogP contribution in [0.25, 0.3) is 0 Å². The second-order valence-corrected chi connectivity index (χ2v) is 7.29. The smallest absolute Gasteiger partial charge is 0.313 e. The molecule has 5 heteroatoms. The standard InChI is InChI=1S/C19H27NO4/c1-14-8-5-6-9-15(14)18(2,3)16(21)20-11-7-10-19(12-20,13-24-4)17(22)23/h5-6,8-9H,7,10-13H2,1-4H3,(H,22,23). The van der Waals surface area contributed by atoms with Gasteiger partial charge in [-0.25, -0.2) is 0 Å². The van der Waals surface area contributed by atoms with Crippen molar-refractivity contribution in [2.75, 3.05) is 26.8 Å². The van der Waals surface area contributed by atoms with Gasteiger partial charge in [0.2, 0.25) is 5.91 Å². The summed E-state index contributed by atoms with van der Waals surface area (Å²) in [7, 11) is 1.50. The fourth-order valence-electron chi connectivity index (χ4n) is 3.72. The number of carbonyl (C=O) groups is 2. The molecular weight excluding hydrogens is 306 g/mol. The van der Waals surface area contributed by atoms with Crippen LogP contribution in [0.4, 0.5) is 0 Å². The van der Waals surface area contributed by atoms with Gasteiger partial charge in [0.15, 0.2) is 0 Å². The lowest BCUT2D eigenvalue weighted by Crippen LogP contribution is -2.55. The average Bonchev–Trinajstić information content (AvgIpc) is 2.54. The zero-order chi connectivity index (χ0) is 18.0. The Hall–Kier alpha value is -1.88. The third-order valence-electron chi connectivity index (χ3n) is 5.09. The third-order valence-corrected chi connectivity index (χ3v) is 5.09. The molecule has 0 aromatic heterocycles. The van der Waals surface area contributed by atoms with E-state index < -0.39 is 16.8 Å². The molecule has 1 aliphatic rings. The maximum absolute atomic E-state index is 13.2. The zero-order valence-corrected chi connectivity index (χ0v) is 15.0. The van der Waals surface area contributed by atoms with E-state index in [0.29, 0.717) is 19.4 Å². The van der Waals surface area contributed by atoms with Crippen LogP contribution in [-0.2, 0) is 19.7 Å². The fourth-order valence-corrected chi connectivity index (χ4v) is 3.72. The largest absolute Gasteiger partial charge is 0.481 e. The molecule has 24 heavy (non-hydrogen) atoms. The molecule has 0 saturated carbocycles. The van der Waals surface area contributed by atoms with Crippen molar-refractivity contribution < 1.29 is 19.4 Å². The summed E-state index contributed by atoms with van der Waals surface area (Å²) >= 11 is 0. The second-order valence-electron chi connectivity index (χ2n) is 7.29. The van der Waals surface area contributed by atoms with E-state index >= 15 is 0 Å². The Morgan fingerprint density at radius 3 is 2.58 bits per heavy atom. The summed E-state index contributed by atoms with van der Waals surface area (Å²) in [5, 5.41) is 9.67. The minimum atomic E-state index is -1.01. The first kappa shape index (κ1) is 18.5. The van der Waals surface area contributed by atoms with E-state index in [2.05, 4.69) is 0 Å². The van der Waals surface area contributed by atoms with Crippen LogP contribution in [0.1, 0.15) is 37.8 Å². The van der Waals surface area contributed by atoms with Crippen molar-refractivity contribution in [2.45, 2.75) is 39.0 Å². The van der Waals surface area contributed by atoms with Crippen LogP contribution in [0.2, 0.25) is 0 Å². The van der Waals surface area contributed by atoms with Gasteiger partial charge in [0.25, 0.3) is 0 Å². The quantitative estimate of drug-likeness (QED) is 0.899. The molecule has 1 saturated heterocycles. The molecule has 1 amide bonds. The Kier molecular flexibility index (Phi) is 5.33. The van der Waals surface area contributed by atoms with Crippen molar-refractivity contribution >= 4 is 11.9 Å². The predicted molar refractivity (Wildman–Crippen MR) is 92.0 cm³/mol. The van der Waals surface area contributed by atoms with E-state index in [-0.39, 0.29) is 19.1 Å². The maximum Gasteiger partial charge on any atom is 0.313 e. The molecule has 1 unspecified atom stereocenters. The Bertz CT molecular complexity index is 622. The number of aliphatic carboxylic acids is 1. The number of hydrogen-bond acceptors (Lipinski definition) is 3. The van der Waals surface area contributed by atoms with Crippen LogP contribution >= 0.6 is 0 Å². The second kappa shape index (κ2) is 6.93. The number of benzene rings is 1. The fraction of sp³-hybridized carbons (Fsp3) is 0.579. The first-order chi connectivity index (χ1) is 11.2. The maximum atomic E-state index is 13.2. The number of carboxylic acid groups (broad SMARTS) is 1. The van der Waals surface area contributed by atoms with Gasteiger partial charge in [-0.3, -0.25) is 9.59 Å². The lowest BCUT2D eigenvalue weighted by molar-refractivity contribution is -0.160. The number of likely N-dealkylation sites (tertiary alicyclic amines) is 1. The summed E-state index contributed by atoms with van der Waals surface area (Å²) in [5.41, 5.74) is 0.340. The molecule has 2 rings (SSSR count). The molecule has 0 aliphatic carbocycles. The Balaban J connectivity index is 2.28. The third kappa shape index (κ3) is 3.31. The average molecular weight is 333 g/mol. The first-order valence-corrected chi connectivity index (χ1v) is 8.32. The summed E-state index contributed by atoms with van der Waals surface area (Å²) in [4.78, 5) is 26.7. The molecule has 5 nitrogen and oxygen atoms in total. The number of nitrogens with zero attached hydrogens (tertiary/aromatic N) is 1. The summed E-state index contributed by atoms with van der Waals surface area (Å²) in [5.74, 6) is -0.922. The number of aryl methyl sites for hydroxylation is 1. The van der Waals surface area contributed by atoms with Gasteiger partial charge in [0.05, 0.1) is 12.0 Å². The van der Waals surface area contributed by atoms with Crippen molar-refractivity contribution in [3.8, 4) is 0 Å². The minimum absolute atomic E-state index is 0.0294. The van der Waals surface area contributed by atoms with Gasteiger partial charge in [-0.15, -0.1) is 0 Å². The van der Waals surface area contributed by atoms with Crippen molar-refractivity contribution in [3.63, 3.8) is 0 Å². The molecule has 1 atom stereocenters. The summed E-state index contributed by atoms with van der Waals surface area (Å²) in [6.07, 6.45) is 1.20. The number of carboxylic acids is 1. The Morgan fingerprint density at radius 1 is 1.33 bits per heavy atom. The van der Waals surface area contributed by atoms with Crippen molar-refractivity contribution in [1.82, 2.24) is 4.90 Å². The monoisotopic (exact) mass is 333 g/mol. The van der Waals surface area contributed by atoms with Crippen LogP contribution in [0.15, 0.2) is 24.3 Å². The molecule has 1 heterocycles. The summed E-state index contributed by atoms with van der Waals surface area (Å²) < 4.78 is 5.14. The molecule has 1 N–H and O–H groups in total. The zero-order valence-electron chi connectivity index (χ0n) is 15.0. The van der Waals surface area contributed by atoms with E-state index in [4.69, 9.17) is 4.74 Å². The van der Waals surface area contributed by atoms with Gasteiger partial charge in [0, 0.05) is 20.2 Å². The van der Waals surface area contributed by atoms with Crippen LogP contribution in [0, 0.1) is 12.3 Å². The van der Waals surface area contributed by atoms with Gasteiger partial charge in [0.1, 0.15) is 5.41 Å². The number of piperidine rings is 1. The number of rotatable bonds is 5. The molecule has 1 aliphatic heterocycles. The summed E-state index contributed by atoms with van der Waals surface area (Å²) in [6.45, 7) is 6.72. The molecule has 1 fully saturated rings. The number of hydrogen-bond donors (Lipinski definition) is 1. The van der Waals surface area contributed by atoms with Gasteiger partial charge in [-0.05, 0) is 44.7 Å². The van der Waals surface area contributed by atoms with Gasteiger partial charge in [-0.1, -0.05) is 24.3 Å². The van der Waals surface area contributed by atoms with E-state index in [1.807, 2.05) is 45.0 Å². The van der Waals surface area contributed by atoms with Crippen LogP contribution in [0.5, 0.6) is 0 Å². The van der Waals surface area contributed by atoms with Crippen molar-refractivity contribution in [1.29, 1.82) is 0 Å². The minimum Gasteiger partial charge on any atom is -0.481 e. The number of ether oxygens (including phenoxy) is 1. The highest BCUT2D eigenvalue weighted by atomic mass is 16.5. The van der Waals surface area contributed by atoms with Crippen LogP contribution < -0.4 is 0 Å². The molecule has 0 bridgehead atoms. The van der Waals surface area contributed by atoms with Gasteiger partial charge < -0.3 is 14.7 Å². The van der Waals surface area contributed by atoms with Crippen LogP contribution in [-0.4, -0.2) is 48.7 Å². The molecule has 0 radical (unpaired) electrons. The highest BCUT2D eigenvalue weighted by molar-refractivity contribution is 5.88. The lowest BCUT2D eigenvalue weighted by atomic mass is 9.77. The summed E-state index contributed by atoms with van der Waals surface area (Å²) in [6, 6.07) is 7.85. The SMILES string of the molecule is COCC1(C(=O)O)CCCN(C(=O)C(C)(C)c2ccccc2C)C1. The van der Waals surface area contributed by atoms with E-state index in [9.17, 15) is 14.7 Å². The normalized spacial score (nSPS) is 21.6. The van der Waals surface area contributed by atoms with E-state index in [1.54, 1.807) is 4.90 Å². The first-order valence-electron chi connectivity index (χ1n) is 8.32. The number of methoxy groups -OCH3 is 1. The lowest BCUT2D eigenvalue weighted by Gasteiger charge is -2.42. The van der Waals surface area contributed by atoms with E-state index in [1.165, 1.54) is 7.11 Å². The molecule has 1 aromatic rings. The van der Waals surface area contributed by atoms with Crippen LogP contribution in [0.3, 0.4) is 0 Å². The Morgan fingerprint density at radius 2 is 2.00 bits per heavy atom. The Labute approximate surface area is 143 Å². The predicted octanol–water partition coefficient (Wildman–Crippen LogP) is 2.61. The van der Waals surface area contributed by atoms with Gasteiger partial charge >= 0.3 is 5.97 Å². The number of amides is 1. The highest BCUT2D eigenvalue weighted by Crippen LogP contribution is 2.35. The van der Waals surface area contributed by atoms with E-state index in [0.717, 1.165) is 11.1 Å². The van der Waals surface area contributed by atoms with Crippen molar-refractivity contribution in [2.24, 2.45) is 5.41 Å². The van der Waals surface area contributed by atoms with Gasteiger partial charge in [-0.2, -0.15) is 0 Å². The topological polar surface area (TPSA) is 66.8 Å².